The summed E-state index contributed by atoms with van der Waals surface area (Å²) < 4.78 is 28.7. The lowest BCUT2D eigenvalue weighted by Gasteiger charge is -2.08. The van der Waals surface area contributed by atoms with Gasteiger partial charge in [0.1, 0.15) is 5.75 Å². The summed E-state index contributed by atoms with van der Waals surface area (Å²) in [7, 11) is 0. The molecule has 0 amide bonds. The van der Waals surface area contributed by atoms with E-state index in [1.165, 1.54) is 6.07 Å². The molecule has 0 atom stereocenters. The van der Waals surface area contributed by atoms with Crippen molar-refractivity contribution in [1.82, 2.24) is 0 Å². The molecule has 0 bridgehead atoms. The van der Waals surface area contributed by atoms with Crippen LogP contribution in [0.1, 0.15) is 11.1 Å². The Bertz CT molecular complexity index is 530. The van der Waals surface area contributed by atoms with E-state index >= 15 is 0 Å². The minimum atomic E-state index is -2.79. The van der Waals surface area contributed by atoms with E-state index in [0.717, 1.165) is 22.3 Å². The molecule has 18 heavy (non-hydrogen) atoms. The Kier molecular flexibility index (Phi) is 3.60. The van der Waals surface area contributed by atoms with Crippen LogP contribution in [0.2, 0.25) is 0 Å². The van der Waals surface area contributed by atoms with Gasteiger partial charge >= 0.3 is 6.61 Å². The van der Waals surface area contributed by atoms with Crippen molar-refractivity contribution in [3.05, 3.63) is 53.6 Å². The SMILES string of the molecule is Cc1cc(C)cc(-c2cccc(OC(F)F)c2)c1. The minimum absolute atomic E-state index is 0.182. The number of benzene rings is 2. The van der Waals surface area contributed by atoms with Gasteiger partial charge in [-0.1, -0.05) is 41.5 Å². The maximum absolute atomic E-state index is 12.2. The molecule has 2 rings (SSSR count). The van der Waals surface area contributed by atoms with Crippen LogP contribution in [-0.2, 0) is 0 Å². The smallest absolute Gasteiger partial charge is 0.387 e. The van der Waals surface area contributed by atoms with Crippen LogP contribution in [0.3, 0.4) is 0 Å². The first-order chi connectivity index (χ1) is 8.54. The zero-order valence-corrected chi connectivity index (χ0v) is 10.3. The first kappa shape index (κ1) is 12.6. The second-order valence-electron chi connectivity index (χ2n) is 4.28. The third kappa shape index (κ3) is 3.06. The molecule has 1 nitrogen and oxygen atoms in total. The largest absolute Gasteiger partial charge is 0.435 e. The standard InChI is InChI=1S/C15H14F2O/c1-10-6-11(2)8-13(7-10)12-4-3-5-14(9-12)18-15(16)17/h3-9,15H,1-2H3. The summed E-state index contributed by atoms with van der Waals surface area (Å²) in [6.45, 7) is 1.23. The van der Waals surface area contributed by atoms with Gasteiger partial charge in [-0.2, -0.15) is 8.78 Å². The van der Waals surface area contributed by atoms with Gasteiger partial charge in [-0.15, -0.1) is 0 Å². The van der Waals surface area contributed by atoms with Crippen molar-refractivity contribution in [2.45, 2.75) is 20.5 Å². The van der Waals surface area contributed by atoms with Gasteiger partial charge in [-0.25, -0.2) is 0 Å². The Morgan fingerprint density at radius 1 is 0.889 bits per heavy atom. The molecule has 3 heteroatoms. The van der Waals surface area contributed by atoms with Crippen LogP contribution in [0.4, 0.5) is 8.78 Å². The average molecular weight is 248 g/mol. The number of ether oxygens (including phenoxy) is 1. The molecule has 94 valence electrons. The van der Waals surface area contributed by atoms with E-state index in [1.54, 1.807) is 12.1 Å². The Hall–Kier alpha value is -1.90. The lowest BCUT2D eigenvalue weighted by atomic mass is 10.0. The van der Waals surface area contributed by atoms with Gasteiger partial charge in [-0.3, -0.25) is 0 Å². The van der Waals surface area contributed by atoms with Crippen molar-refractivity contribution in [2.75, 3.05) is 0 Å². The van der Waals surface area contributed by atoms with Gasteiger partial charge in [0, 0.05) is 0 Å². The summed E-state index contributed by atoms with van der Waals surface area (Å²) in [5, 5.41) is 0. The van der Waals surface area contributed by atoms with Crippen LogP contribution in [0, 0.1) is 13.8 Å². The monoisotopic (exact) mass is 248 g/mol. The molecule has 2 aromatic carbocycles. The second-order valence-corrected chi connectivity index (χ2v) is 4.28. The summed E-state index contributed by atoms with van der Waals surface area (Å²) in [6.07, 6.45) is 0. The highest BCUT2D eigenvalue weighted by molar-refractivity contribution is 5.66. The zero-order valence-electron chi connectivity index (χ0n) is 10.3. The van der Waals surface area contributed by atoms with Crippen LogP contribution in [0.15, 0.2) is 42.5 Å². The van der Waals surface area contributed by atoms with Crippen LogP contribution in [-0.4, -0.2) is 6.61 Å². The maximum Gasteiger partial charge on any atom is 0.387 e. The van der Waals surface area contributed by atoms with E-state index in [1.807, 2.05) is 32.0 Å². The predicted octanol–water partition coefficient (Wildman–Crippen LogP) is 4.57. The first-order valence-electron chi connectivity index (χ1n) is 5.68. The molecule has 0 heterocycles. The highest BCUT2D eigenvalue weighted by atomic mass is 19.3. The molecular weight excluding hydrogens is 234 g/mol. The lowest BCUT2D eigenvalue weighted by Crippen LogP contribution is -2.01. The second kappa shape index (κ2) is 5.17. The molecule has 0 aliphatic rings. The molecule has 2 aromatic rings. The van der Waals surface area contributed by atoms with E-state index < -0.39 is 6.61 Å². The number of hydrogen-bond donors (Lipinski definition) is 0. The number of halogens is 2. The molecule has 0 radical (unpaired) electrons. The van der Waals surface area contributed by atoms with Gasteiger partial charge < -0.3 is 4.74 Å². The Morgan fingerprint density at radius 2 is 1.56 bits per heavy atom. The third-order valence-electron chi connectivity index (χ3n) is 2.61. The van der Waals surface area contributed by atoms with E-state index in [9.17, 15) is 8.78 Å². The van der Waals surface area contributed by atoms with Crippen molar-refractivity contribution >= 4 is 0 Å². The normalized spacial score (nSPS) is 10.7. The molecule has 0 N–H and O–H groups in total. The molecule has 0 unspecified atom stereocenters. The highest BCUT2D eigenvalue weighted by Crippen LogP contribution is 2.26. The van der Waals surface area contributed by atoms with Crippen molar-refractivity contribution < 1.29 is 13.5 Å². The number of hydrogen-bond acceptors (Lipinski definition) is 1. The first-order valence-corrected chi connectivity index (χ1v) is 5.68. The van der Waals surface area contributed by atoms with E-state index in [4.69, 9.17) is 0 Å². The number of rotatable bonds is 3. The Balaban J connectivity index is 2.38. The molecular formula is C15H14F2O. The summed E-state index contributed by atoms with van der Waals surface area (Å²) in [5.74, 6) is 0.182. The molecule has 0 aliphatic carbocycles. The molecule has 0 saturated carbocycles. The van der Waals surface area contributed by atoms with Gasteiger partial charge in [-0.05, 0) is 37.1 Å². The topological polar surface area (TPSA) is 9.23 Å². The molecule has 0 saturated heterocycles. The predicted molar refractivity (Wildman–Crippen MR) is 68.0 cm³/mol. The van der Waals surface area contributed by atoms with E-state index in [2.05, 4.69) is 10.8 Å². The minimum Gasteiger partial charge on any atom is -0.435 e. The van der Waals surface area contributed by atoms with Crippen molar-refractivity contribution in [3.63, 3.8) is 0 Å². The molecule has 0 fully saturated rings. The Labute approximate surface area is 105 Å². The average Bonchev–Trinajstić information content (AvgIpc) is 2.27. The summed E-state index contributed by atoms with van der Waals surface area (Å²) in [5.41, 5.74) is 4.17. The number of aryl methyl sites for hydroxylation is 2. The van der Waals surface area contributed by atoms with E-state index in [0.29, 0.717) is 0 Å². The molecule has 0 spiro atoms. The summed E-state index contributed by atoms with van der Waals surface area (Å²) in [4.78, 5) is 0. The lowest BCUT2D eigenvalue weighted by molar-refractivity contribution is -0.0498. The summed E-state index contributed by atoms with van der Waals surface area (Å²) >= 11 is 0. The quantitative estimate of drug-likeness (QED) is 0.773. The van der Waals surface area contributed by atoms with Crippen LogP contribution in [0.25, 0.3) is 11.1 Å². The zero-order chi connectivity index (χ0) is 13.1. The molecule has 0 aromatic heterocycles. The van der Waals surface area contributed by atoms with Crippen LogP contribution >= 0.6 is 0 Å². The molecule has 0 aliphatic heterocycles. The van der Waals surface area contributed by atoms with Gasteiger partial charge in [0.05, 0.1) is 0 Å². The fourth-order valence-corrected chi connectivity index (χ4v) is 1.99. The fourth-order valence-electron chi connectivity index (χ4n) is 1.99. The van der Waals surface area contributed by atoms with E-state index in [-0.39, 0.29) is 5.75 Å². The van der Waals surface area contributed by atoms with Crippen molar-refractivity contribution in [2.24, 2.45) is 0 Å². The third-order valence-corrected chi connectivity index (χ3v) is 2.61. The van der Waals surface area contributed by atoms with Gasteiger partial charge in [0.15, 0.2) is 0 Å². The number of alkyl halides is 2. The highest BCUT2D eigenvalue weighted by Gasteiger charge is 2.06. The fraction of sp³-hybridized carbons (Fsp3) is 0.200. The van der Waals surface area contributed by atoms with Crippen LogP contribution in [0.5, 0.6) is 5.75 Å². The van der Waals surface area contributed by atoms with Gasteiger partial charge in [0.25, 0.3) is 0 Å². The summed E-state index contributed by atoms with van der Waals surface area (Å²) in [6, 6.07) is 12.9. The van der Waals surface area contributed by atoms with Crippen molar-refractivity contribution in [3.8, 4) is 16.9 Å². The van der Waals surface area contributed by atoms with Crippen molar-refractivity contribution in [1.29, 1.82) is 0 Å². The maximum atomic E-state index is 12.2. The van der Waals surface area contributed by atoms with Crippen LogP contribution < -0.4 is 4.74 Å². The Morgan fingerprint density at radius 3 is 2.17 bits per heavy atom. The van der Waals surface area contributed by atoms with Gasteiger partial charge in [0.2, 0.25) is 0 Å².